The molecule has 1 heterocycles. The maximum absolute atomic E-state index is 13.3. The number of carbonyl (C=O) groups is 1. The number of hydrogen-bond donors (Lipinski definition) is 0. The van der Waals surface area contributed by atoms with Crippen molar-refractivity contribution in [2.45, 2.75) is 13.5 Å². The summed E-state index contributed by atoms with van der Waals surface area (Å²) in [6.45, 7) is 5.27. The van der Waals surface area contributed by atoms with E-state index >= 15 is 0 Å². The van der Waals surface area contributed by atoms with Gasteiger partial charge in [-0.25, -0.2) is 0 Å². The van der Waals surface area contributed by atoms with Crippen LogP contribution in [-0.4, -0.2) is 43.6 Å². The number of para-hydroxylation sites is 1. The second kappa shape index (κ2) is 12.7. The van der Waals surface area contributed by atoms with Gasteiger partial charge >= 0.3 is 0 Å². The number of nitriles is 1. The third kappa shape index (κ3) is 6.13. The lowest BCUT2D eigenvalue weighted by molar-refractivity contribution is -0.126. The van der Waals surface area contributed by atoms with E-state index in [-0.39, 0.29) is 11.5 Å². The molecule has 6 nitrogen and oxygen atoms in total. The smallest absolute Gasteiger partial charge is 0.264 e. The summed E-state index contributed by atoms with van der Waals surface area (Å²) in [7, 11) is 0. The number of piperazine rings is 1. The number of rotatable bonds is 8. The lowest BCUT2D eigenvalue weighted by Gasteiger charge is -2.36. The number of carbonyl (C=O) groups excluding carboxylic acids is 1. The Morgan fingerprint density at radius 1 is 0.950 bits per heavy atom. The SMILES string of the molecule is CCOc1cc(/C=C(/C#N)C(=O)N2CCN(c3ccccc3)CC2)cc(Br)c1OCc1cccc2ccccc12. The Bertz CT molecular complexity index is 1570. The number of benzene rings is 4. The molecule has 4 aromatic rings. The predicted molar refractivity (Wildman–Crippen MR) is 162 cm³/mol. The van der Waals surface area contributed by atoms with E-state index in [0.29, 0.717) is 47.8 Å². The van der Waals surface area contributed by atoms with Gasteiger partial charge < -0.3 is 19.3 Å². The van der Waals surface area contributed by atoms with Crippen molar-refractivity contribution in [2.24, 2.45) is 0 Å². The number of anilines is 1. The fraction of sp³-hybridized carbons (Fsp3) is 0.212. The summed E-state index contributed by atoms with van der Waals surface area (Å²) >= 11 is 3.63. The van der Waals surface area contributed by atoms with Crippen LogP contribution in [0.2, 0.25) is 0 Å². The Balaban J connectivity index is 1.32. The van der Waals surface area contributed by atoms with Crippen molar-refractivity contribution in [1.29, 1.82) is 5.26 Å². The Morgan fingerprint density at radius 2 is 1.68 bits per heavy atom. The van der Waals surface area contributed by atoms with Crippen molar-refractivity contribution in [2.75, 3.05) is 37.7 Å². The van der Waals surface area contributed by atoms with Gasteiger partial charge in [0.25, 0.3) is 5.91 Å². The lowest BCUT2D eigenvalue weighted by atomic mass is 10.1. The van der Waals surface area contributed by atoms with E-state index in [1.165, 1.54) is 0 Å². The average Bonchev–Trinajstić information content (AvgIpc) is 3.00. The maximum atomic E-state index is 13.3. The van der Waals surface area contributed by atoms with Crippen molar-refractivity contribution >= 4 is 44.4 Å². The van der Waals surface area contributed by atoms with Crippen LogP contribution in [0.5, 0.6) is 11.5 Å². The first-order valence-electron chi connectivity index (χ1n) is 13.3. The molecule has 0 atom stereocenters. The van der Waals surface area contributed by atoms with Crippen molar-refractivity contribution in [3.05, 3.63) is 106 Å². The molecule has 40 heavy (non-hydrogen) atoms. The molecule has 0 saturated carbocycles. The van der Waals surface area contributed by atoms with Gasteiger partial charge in [-0.15, -0.1) is 0 Å². The van der Waals surface area contributed by atoms with Crippen LogP contribution in [0.25, 0.3) is 16.8 Å². The van der Waals surface area contributed by atoms with E-state index in [1.54, 1.807) is 11.0 Å². The Hall–Kier alpha value is -4.28. The first kappa shape index (κ1) is 27.3. The van der Waals surface area contributed by atoms with Crippen molar-refractivity contribution < 1.29 is 14.3 Å². The topological polar surface area (TPSA) is 65.8 Å². The van der Waals surface area contributed by atoms with Crippen LogP contribution in [0.4, 0.5) is 5.69 Å². The molecule has 0 spiro atoms. The van der Waals surface area contributed by atoms with Gasteiger partial charge in [0.1, 0.15) is 18.2 Å². The summed E-state index contributed by atoms with van der Waals surface area (Å²) in [4.78, 5) is 17.3. The summed E-state index contributed by atoms with van der Waals surface area (Å²) in [5.74, 6) is 0.860. The molecule has 1 aliphatic heterocycles. The van der Waals surface area contributed by atoms with Gasteiger partial charge in [-0.3, -0.25) is 4.79 Å². The fourth-order valence-corrected chi connectivity index (χ4v) is 5.50. The number of ether oxygens (including phenoxy) is 2. The summed E-state index contributed by atoms with van der Waals surface area (Å²) in [6, 6.07) is 30.3. The molecule has 202 valence electrons. The zero-order valence-electron chi connectivity index (χ0n) is 22.3. The van der Waals surface area contributed by atoms with Crippen LogP contribution in [-0.2, 0) is 11.4 Å². The number of hydrogen-bond acceptors (Lipinski definition) is 5. The molecule has 0 unspecified atom stereocenters. The van der Waals surface area contributed by atoms with Crippen LogP contribution in [0, 0.1) is 11.3 Å². The molecule has 0 radical (unpaired) electrons. The van der Waals surface area contributed by atoms with E-state index in [0.717, 1.165) is 35.1 Å². The zero-order chi connectivity index (χ0) is 27.9. The van der Waals surface area contributed by atoms with E-state index < -0.39 is 0 Å². The van der Waals surface area contributed by atoms with Crippen LogP contribution in [0.15, 0.2) is 95.0 Å². The zero-order valence-corrected chi connectivity index (χ0v) is 23.9. The predicted octanol–water partition coefficient (Wildman–Crippen LogP) is 6.84. The fourth-order valence-electron chi connectivity index (χ4n) is 4.93. The largest absolute Gasteiger partial charge is 0.490 e. The Kier molecular flexibility index (Phi) is 8.68. The molecule has 4 aromatic carbocycles. The average molecular weight is 597 g/mol. The Labute approximate surface area is 243 Å². The molecule has 0 aliphatic carbocycles. The minimum absolute atomic E-state index is 0.0898. The summed E-state index contributed by atoms with van der Waals surface area (Å²) in [5, 5.41) is 12.2. The minimum Gasteiger partial charge on any atom is -0.490 e. The van der Waals surface area contributed by atoms with Crippen LogP contribution < -0.4 is 14.4 Å². The van der Waals surface area contributed by atoms with Gasteiger partial charge in [0.15, 0.2) is 11.5 Å². The lowest BCUT2D eigenvalue weighted by Crippen LogP contribution is -2.49. The first-order valence-corrected chi connectivity index (χ1v) is 14.1. The normalized spacial score (nSPS) is 13.7. The van der Waals surface area contributed by atoms with Gasteiger partial charge in [0.05, 0.1) is 11.1 Å². The number of fused-ring (bicyclic) bond motifs is 1. The molecule has 1 fully saturated rings. The molecular formula is C33H30BrN3O3. The second-order valence-electron chi connectivity index (χ2n) is 9.47. The van der Waals surface area contributed by atoms with E-state index in [9.17, 15) is 10.1 Å². The van der Waals surface area contributed by atoms with Gasteiger partial charge in [-0.2, -0.15) is 5.26 Å². The van der Waals surface area contributed by atoms with E-state index in [4.69, 9.17) is 9.47 Å². The van der Waals surface area contributed by atoms with Crippen LogP contribution in [0.1, 0.15) is 18.1 Å². The second-order valence-corrected chi connectivity index (χ2v) is 10.3. The third-order valence-electron chi connectivity index (χ3n) is 6.93. The molecule has 1 amide bonds. The van der Waals surface area contributed by atoms with E-state index in [1.807, 2.05) is 55.5 Å². The van der Waals surface area contributed by atoms with Crippen LogP contribution >= 0.6 is 15.9 Å². The van der Waals surface area contributed by atoms with Crippen LogP contribution in [0.3, 0.4) is 0 Å². The number of halogens is 1. The summed E-state index contributed by atoms with van der Waals surface area (Å²) in [6.07, 6.45) is 1.62. The summed E-state index contributed by atoms with van der Waals surface area (Å²) < 4.78 is 12.9. The monoisotopic (exact) mass is 595 g/mol. The molecule has 0 N–H and O–H groups in total. The van der Waals surface area contributed by atoms with Crippen molar-refractivity contribution in [3.8, 4) is 17.6 Å². The highest BCUT2D eigenvalue weighted by molar-refractivity contribution is 9.10. The highest BCUT2D eigenvalue weighted by atomic mass is 79.9. The molecule has 7 heteroatoms. The highest BCUT2D eigenvalue weighted by Crippen LogP contribution is 2.38. The first-order chi connectivity index (χ1) is 19.6. The van der Waals surface area contributed by atoms with Crippen molar-refractivity contribution in [1.82, 2.24) is 4.90 Å². The summed E-state index contributed by atoms with van der Waals surface area (Å²) in [5.41, 5.74) is 2.98. The van der Waals surface area contributed by atoms with Gasteiger partial charge in [-0.1, -0.05) is 60.7 Å². The maximum Gasteiger partial charge on any atom is 0.264 e. The highest BCUT2D eigenvalue weighted by Gasteiger charge is 2.24. The molecular weight excluding hydrogens is 566 g/mol. The molecule has 0 aromatic heterocycles. The number of amides is 1. The molecule has 0 bridgehead atoms. The molecule has 1 aliphatic rings. The third-order valence-corrected chi connectivity index (χ3v) is 7.52. The van der Waals surface area contributed by atoms with Gasteiger partial charge in [-0.05, 0) is 75.1 Å². The van der Waals surface area contributed by atoms with Gasteiger partial charge in [0, 0.05) is 31.9 Å². The quantitative estimate of drug-likeness (QED) is 0.165. The van der Waals surface area contributed by atoms with E-state index in [2.05, 4.69) is 63.3 Å². The molecule has 1 saturated heterocycles. The number of nitrogens with zero attached hydrogens (tertiary/aromatic N) is 3. The standard InChI is InChI=1S/C33H30BrN3O3/c1-2-39-31-21-24(20-30(34)32(31)40-23-26-11-8-10-25-9-6-7-14-29(25)26)19-27(22-35)33(38)37-17-15-36(16-18-37)28-12-4-3-5-13-28/h3-14,19-21H,2,15-18,23H2,1H3/b27-19-. The Morgan fingerprint density at radius 3 is 2.42 bits per heavy atom. The molecule has 5 rings (SSSR count). The van der Waals surface area contributed by atoms with Gasteiger partial charge in [0.2, 0.25) is 0 Å². The van der Waals surface area contributed by atoms with Crippen molar-refractivity contribution in [3.63, 3.8) is 0 Å². The minimum atomic E-state index is -0.263.